The number of nitrogens with zero attached hydrogens (tertiary/aromatic N) is 1. The predicted octanol–water partition coefficient (Wildman–Crippen LogP) is 1.83. The second-order valence-electron chi connectivity index (χ2n) is 8.26. The highest BCUT2D eigenvalue weighted by atomic mass is 16.9. The van der Waals surface area contributed by atoms with Crippen molar-refractivity contribution in [2.45, 2.75) is 81.5 Å². The fourth-order valence-corrected chi connectivity index (χ4v) is 5.08. The highest BCUT2D eigenvalue weighted by Gasteiger charge is 2.69. The molecular formula is C18H26N2O6. The van der Waals surface area contributed by atoms with Gasteiger partial charge in [-0.2, -0.15) is 5.48 Å². The topological polar surface area (TPSA) is 86.3 Å². The van der Waals surface area contributed by atoms with Crippen molar-refractivity contribution in [2.75, 3.05) is 13.1 Å². The number of hydroxylamine groups is 1. The third-order valence-corrected chi connectivity index (χ3v) is 6.51. The monoisotopic (exact) mass is 366 g/mol. The Labute approximate surface area is 152 Å². The summed E-state index contributed by atoms with van der Waals surface area (Å²) < 4.78 is 17.5. The SMILES string of the molecule is O=C(OC1CCCC1)N1CC2[C@@H](C1)NOC21OC2(CCCCC2)OC1=O. The minimum Gasteiger partial charge on any atom is -0.446 e. The second-order valence-corrected chi connectivity index (χ2v) is 8.26. The maximum absolute atomic E-state index is 12.7. The summed E-state index contributed by atoms with van der Waals surface area (Å²) in [6, 6.07) is -0.155. The summed E-state index contributed by atoms with van der Waals surface area (Å²) in [5, 5.41) is 0. The van der Waals surface area contributed by atoms with Crippen LogP contribution in [0.25, 0.3) is 0 Å². The van der Waals surface area contributed by atoms with E-state index in [9.17, 15) is 9.59 Å². The van der Waals surface area contributed by atoms with Crippen molar-refractivity contribution in [3.05, 3.63) is 0 Å². The van der Waals surface area contributed by atoms with Crippen molar-refractivity contribution in [3.63, 3.8) is 0 Å². The number of fused-ring (bicyclic) bond motifs is 2. The molecule has 0 aromatic heterocycles. The van der Waals surface area contributed by atoms with Crippen LogP contribution in [0, 0.1) is 5.92 Å². The van der Waals surface area contributed by atoms with E-state index in [1.807, 2.05) is 0 Å². The molecule has 5 aliphatic rings. The van der Waals surface area contributed by atoms with Gasteiger partial charge in [0.25, 0.3) is 5.79 Å². The molecule has 0 aromatic carbocycles. The van der Waals surface area contributed by atoms with E-state index in [-0.39, 0.29) is 24.2 Å². The number of ether oxygens (including phenoxy) is 3. The maximum Gasteiger partial charge on any atom is 0.410 e. The Morgan fingerprint density at radius 3 is 2.65 bits per heavy atom. The van der Waals surface area contributed by atoms with Crippen LogP contribution in [0.2, 0.25) is 0 Å². The van der Waals surface area contributed by atoms with E-state index in [2.05, 4.69) is 5.48 Å². The quantitative estimate of drug-likeness (QED) is 0.709. The van der Waals surface area contributed by atoms with Crippen LogP contribution in [0.1, 0.15) is 57.8 Å². The molecule has 0 radical (unpaired) electrons. The number of nitrogens with one attached hydrogen (secondary N) is 1. The summed E-state index contributed by atoms with van der Waals surface area (Å²) in [6.07, 6.45) is 8.32. The van der Waals surface area contributed by atoms with Crippen LogP contribution in [0.3, 0.4) is 0 Å². The molecule has 1 amide bonds. The largest absolute Gasteiger partial charge is 0.446 e. The lowest BCUT2D eigenvalue weighted by Crippen LogP contribution is -2.47. The smallest absolute Gasteiger partial charge is 0.410 e. The molecule has 3 aliphatic heterocycles. The van der Waals surface area contributed by atoms with Crippen LogP contribution in [-0.2, 0) is 23.8 Å². The van der Waals surface area contributed by atoms with Gasteiger partial charge in [-0.15, -0.1) is 0 Å². The Hall–Kier alpha value is -1.38. The molecule has 8 heteroatoms. The zero-order valence-corrected chi connectivity index (χ0v) is 14.9. The molecule has 0 aromatic rings. The van der Waals surface area contributed by atoms with E-state index in [4.69, 9.17) is 19.0 Å². The molecule has 144 valence electrons. The first-order valence-electron chi connectivity index (χ1n) is 9.93. The van der Waals surface area contributed by atoms with E-state index in [0.717, 1.165) is 44.9 Å². The lowest BCUT2D eigenvalue weighted by molar-refractivity contribution is -0.282. The molecule has 2 aliphatic carbocycles. The fraction of sp³-hybridized carbons (Fsp3) is 0.889. The number of hydrogen-bond donors (Lipinski definition) is 1. The van der Waals surface area contributed by atoms with Crippen molar-refractivity contribution in [1.82, 2.24) is 10.4 Å². The van der Waals surface area contributed by atoms with Gasteiger partial charge in [0, 0.05) is 25.9 Å². The second kappa shape index (κ2) is 6.07. The molecule has 26 heavy (non-hydrogen) atoms. The number of rotatable bonds is 1. The van der Waals surface area contributed by atoms with E-state index >= 15 is 0 Å². The van der Waals surface area contributed by atoms with E-state index in [0.29, 0.717) is 25.9 Å². The first kappa shape index (κ1) is 16.8. The van der Waals surface area contributed by atoms with Crippen LogP contribution in [0.5, 0.6) is 0 Å². The van der Waals surface area contributed by atoms with Crippen LogP contribution >= 0.6 is 0 Å². The molecule has 5 rings (SSSR count). The molecular weight excluding hydrogens is 340 g/mol. The molecule has 2 spiro atoms. The molecule has 1 N–H and O–H groups in total. The number of carbonyl (C=O) groups is 2. The molecule has 3 heterocycles. The zero-order chi connectivity index (χ0) is 17.8. The first-order valence-corrected chi connectivity index (χ1v) is 9.93. The van der Waals surface area contributed by atoms with Gasteiger partial charge < -0.3 is 14.4 Å². The summed E-state index contributed by atoms with van der Waals surface area (Å²) in [4.78, 5) is 32.5. The van der Waals surface area contributed by atoms with E-state index in [1.54, 1.807) is 4.90 Å². The van der Waals surface area contributed by atoms with Gasteiger partial charge in [0.05, 0.1) is 12.0 Å². The van der Waals surface area contributed by atoms with Gasteiger partial charge in [-0.3, -0.25) is 9.57 Å². The van der Waals surface area contributed by atoms with Gasteiger partial charge in [0.1, 0.15) is 6.10 Å². The van der Waals surface area contributed by atoms with Gasteiger partial charge in [0.2, 0.25) is 5.79 Å². The third-order valence-electron chi connectivity index (χ3n) is 6.51. The molecule has 2 saturated carbocycles. The number of hydrogen-bond acceptors (Lipinski definition) is 7. The molecule has 3 atom stereocenters. The zero-order valence-electron chi connectivity index (χ0n) is 14.9. The molecule has 8 nitrogen and oxygen atoms in total. The summed E-state index contributed by atoms with van der Waals surface area (Å²) >= 11 is 0. The molecule has 2 unspecified atom stereocenters. The Bertz CT molecular complexity index is 600. The Balaban J connectivity index is 1.29. The maximum atomic E-state index is 12.7. The number of likely N-dealkylation sites (tertiary alicyclic amines) is 1. The Morgan fingerprint density at radius 2 is 1.88 bits per heavy atom. The van der Waals surface area contributed by atoms with Crippen molar-refractivity contribution >= 4 is 12.1 Å². The summed E-state index contributed by atoms with van der Waals surface area (Å²) in [5.41, 5.74) is 2.91. The standard InChI is InChI=1S/C18H26N2O6/c21-15-18(25-17(24-15)8-4-1-5-9-17)13-10-20(11-14(13)19-26-18)16(22)23-12-6-2-3-7-12/h12-14,19H,1-11H2/t13?,14-,18?/m1/s1. The Morgan fingerprint density at radius 1 is 1.12 bits per heavy atom. The molecule has 0 bridgehead atoms. The van der Waals surface area contributed by atoms with Gasteiger partial charge in [-0.1, -0.05) is 6.42 Å². The molecule has 5 fully saturated rings. The normalized spacial score (nSPS) is 38.9. The number of carbonyl (C=O) groups excluding carboxylic acids is 2. The highest BCUT2D eigenvalue weighted by Crippen LogP contribution is 2.49. The first-order chi connectivity index (χ1) is 12.6. The average Bonchev–Trinajstić information content (AvgIpc) is 3.36. The predicted molar refractivity (Wildman–Crippen MR) is 87.5 cm³/mol. The van der Waals surface area contributed by atoms with Crippen LogP contribution in [0.15, 0.2) is 0 Å². The number of amides is 1. The van der Waals surface area contributed by atoms with Crippen LogP contribution in [0.4, 0.5) is 4.79 Å². The van der Waals surface area contributed by atoms with Crippen molar-refractivity contribution in [2.24, 2.45) is 5.92 Å². The van der Waals surface area contributed by atoms with E-state index in [1.165, 1.54) is 0 Å². The van der Waals surface area contributed by atoms with E-state index < -0.39 is 17.5 Å². The summed E-state index contributed by atoms with van der Waals surface area (Å²) in [7, 11) is 0. The number of esters is 1. The highest BCUT2D eigenvalue weighted by molar-refractivity contribution is 5.81. The Kier molecular flexibility index (Phi) is 3.92. The van der Waals surface area contributed by atoms with Crippen molar-refractivity contribution in [3.8, 4) is 0 Å². The van der Waals surface area contributed by atoms with Crippen LogP contribution in [-0.4, -0.2) is 53.8 Å². The summed E-state index contributed by atoms with van der Waals surface area (Å²) in [6.45, 7) is 0.815. The van der Waals surface area contributed by atoms with Gasteiger partial charge >= 0.3 is 12.1 Å². The van der Waals surface area contributed by atoms with Crippen LogP contribution < -0.4 is 5.48 Å². The summed E-state index contributed by atoms with van der Waals surface area (Å²) in [5.74, 6) is -3.05. The fourth-order valence-electron chi connectivity index (χ4n) is 5.08. The van der Waals surface area contributed by atoms with Gasteiger partial charge in [0.15, 0.2) is 0 Å². The van der Waals surface area contributed by atoms with Gasteiger partial charge in [-0.05, 0) is 38.5 Å². The minimum atomic E-state index is -1.44. The lowest BCUT2D eigenvalue weighted by atomic mass is 9.93. The van der Waals surface area contributed by atoms with Gasteiger partial charge in [-0.25, -0.2) is 9.59 Å². The van der Waals surface area contributed by atoms with Crippen molar-refractivity contribution < 1.29 is 28.6 Å². The minimum absolute atomic E-state index is 0.0271. The lowest BCUT2D eigenvalue weighted by Gasteiger charge is -2.32. The third kappa shape index (κ3) is 2.53. The molecule has 3 saturated heterocycles. The average molecular weight is 366 g/mol. The van der Waals surface area contributed by atoms with Crippen molar-refractivity contribution in [1.29, 1.82) is 0 Å².